The highest BCUT2D eigenvalue weighted by atomic mass is 79.9. The molecule has 1 aromatic rings. The molecule has 3 rings (SSSR count). The molecule has 0 aliphatic carbocycles. The lowest BCUT2D eigenvalue weighted by Gasteiger charge is -2.26. The van der Waals surface area contributed by atoms with Crippen molar-refractivity contribution in [2.24, 2.45) is 0 Å². The summed E-state index contributed by atoms with van der Waals surface area (Å²) < 4.78 is 20.7. The molecule has 38 heavy (non-hydrogen) atoms. The van der Waals surface area contributed by atoms with Gasteiger partial charge in [-0.25, -0.2) is 0 Å². The van der Waals surface area contributed by atoms with Gasteiger partial charge in [0.2, 0.25) is 0 Å². The molecule has 2 heterocycles. The van der Waals surface area contributed by atoms with Gasteiger partial charge in [-0.05, 0) is 59.6 Å². The van der Waals surface area contributed by atoms with E-state index in [0.717, 1.165) is 28.5 Å². The zero-order valence-corrected chi connectivity index (χ0v) is 27.7. The summed E-state index contributed by atoms with van der Waals surface area (Å²) in [5.41, 5.74) is 0. The van der Waals surface area contributed by atoms with Gasteiger partial charge in [-0.2, -0.15) is 0 Å². The van der Waals surface area contributed by atoms with Crippen molar-refractivity contribution in [2.45, 2.75) is 81.1 Å². The Labute approximate surface area is 255 Å². The lowest BCUT2D eigenvalue weighted by Crippen LogP contribution is -2.28. The molecule has 0 unspecified atom stereocenters. The SMILES string of the molecule is CCOC(=O)CC1(CC(=O)OCC)Sc2c(Br)c3c(c(Br)c2S1)SC(CC(=O)OCC)(CC(=O)OCC)S3. The van der Waals surface area contributed by atoms with Crippen LogP contribution in [0, 0.1) is 0 Å². The number of benzene rings is 1. The topological polar surface area (TPSA) is 105 Å². The largest absolute Gasteiger partial charge is 0.466 e. The number of ether oxygens (including phenoxy) is 4. The molecule has 0 spiro atoms. The fourth-order valence-electron chi connectivity index (χ4n) is 3.90. The molecule has 0 saturated carbocycles. The van der Waals surface area contributed by atoms with E-state index in [1.807, 2.05) is 0 Å². The van der Waals surface area contributed by atoms with E-state index in [-0.39, 0.29) is 52.1 Å². The van der Waals surface area contributed by atoms with Crippen LogP contribution >= 0.6 is 78.9 Å². The minimum atomic E-state index is -0.844. The van der Waals surface area contributed by atoms with Gasteiger partial charge in [0.25, 0.3) is 0 Å². The van der Waals surface area contributed by atoms with Crippen LogP contribution in [0.15, 0.2) is 28.5 Å². The van der Waals surface area contributed by atoms with Crippen LogP contribution in [0.25, 0.3) is 0 Å². The van der Waals surface area contributed by atoms with E-state index in [2.05, 4.69) is 31.9 Å². The van der Waals surface area contributed by atoms with E-state index in [9.17, 15) is 19.2 Å². The summed E-state index contributed by atoms with van der Waals surface area (Å²) in [6.07, 6.45) is 0.0681. The number of fused-ring (bicyclic) bond motifs is 2. The summed E-state index contributed by atoms with van der Waals surface area (Å²) >= 11 is 13.2. The Morgan fingerprint density at radius 1 is 0.526 bits per heavy atom. The Bertz CT molecular complexity index is 947. The minimum Gasteiger partial charge on any atom is -0.466 e. The van der Waals surface area contributed by atoms with Crippen LogP contribution in [0.3, 0.4) is 0 Å². The van der Waals surface area contributed by atoms with Crippen LogP contribution in [0.5, 0.6) is 0 Å². The first kappa shape index (κ1) is 32.0. The smallest absolute Gasteiger partial charge is 0.308 e. The fraction of sp³-hybridized carbons (Fsp3) is 0.583. The molecule has 0 amide bonds. The highest BCUT2D eigenvalue weighted by molar-refractivity contribution is 9.11. The standard InChI is InChI=1S/C24H28Br2O8S4/c1-5-31-13(27)9-23(10-14(28)32-6-2)35-19-17(25)21-22(18(26)20(19)36-23)38-24(37-21,11-15(29)33-7-3)12-16(30)34-8-4/h5-12H2,1-4H3. The number of hydrogen-bond donors (Lipinski definition) is 0. The van der Waals surface area contributed by atoms with Gasteiger partial charge in [0.1, 0.15) is 0 Å². The highest BCUT2D eigenvalue weighted by Crippen LogP contribution is 2.70. The maximum atomic E-state index is 12.5. The molecular formula is C24H28Br2O8S4. The molecule has 2 aliphatic heterocycles. The maximum Gasteiger partial charge on any atom is 0.308 e. The van der Waals surface area contributed by atoms with Gasteiger partial charge in [-0.1, -0.05) is 0 Å². The quantitative estimate of drug-likeness (QED) is 0.167. The van der Waals surface area contributed by atoms with Gasteiger partial charge in [0.15, 0.2) is 0 Å². The zero-order valence-electron chi connectivity index (χ0n) is 21.3. The van der Waals surface area contributed by atoms with Crippen molar-refractivity contribution in [3.63, 3.8) is 0 Å². The van der Waals surface area contributed by atoms with E-state index in [1.165, 1.54) is 47.0 Å². The van der Waals surface area contributed by atoms with Crippen LogP contribution in [-0.2, 0) is 38.1 Å². The molecule has 0 radical (unpaired) electrons. The summed E-state index contributed by atoms with van der Waals surface area (Å²) in [6, 6.07) is 0. The van der Waals surface area contributed by atoms with E-state index in [1.54, 1.807) is 27.7 Å². The average Bonchev–Trinajstić information content (AvgIpc) is 3.37. The lowest BCUT2D eigenvalue weighted by atomic mass is 10.2. The number of esters is 4. The van der Waals surface area contributed by atoms with Crippen molar-refractivity contribution in [3.05, 3.63) is 8.95 Å². The van der Waals surface area contributed by atoms with Crippen molar-refractivity contribution < 1.29 is 38.1 Å². The normalized spacial score (nSPS) is 16.4. The molecule has 0 aromatic heterocycles. The number of carbonyl (C=O) groups excluding carboxylic acids is 4. The van der Waals surface area contributed by atoms with Crippen molar-refractivity contribution in [1.82, 2.24) is 0 Å². The summed E-state index contributed by atoms with van der Waals surface area (Å²) in [5.74, 6) is -1.57. The Morgan fingerprint density at radius 3 is 0.921 bits per heavy atom. The monoisotopic (exact) mass is 730 g/mol. The Kier molecular flexibility index (Phi) is 11.7. The van der Waals surface area contributed by atoms with Gasteiger partial charge >= 0.3 is 23.9 Å². The maximum absolute atomic E-state index is 12.5. The number of halogens is 2. The van der Waals surface area contributed by atoms with Crippen molar-refractivity contribution in [1.29, 1.82) is 0 Å². The second-order valence-electron chi connectivity index (χ2n) is 8.10. The van der Waals surface area contributed by atoms with Gasteiger partial charge < -0.3 is 18.9 Å². The highest BCUT2D eigenvalue weighted by Gasteiger charge is 2.51. The Hall–Kier alpha value is -0.540. The third-order valence-corrected chi connectivity index (χ3v) is 14.2. The van der Waals surface area contributed by atoms with Crippen LogP contribution in [0.2, 0.25) is 0 Å². The van der Waals surface area contributed by atoms with Crippen molar-refractivity contribution in [2.75, 3.05) is 26.4 Å². The molecule has 0 N–H and O–H groups in total. The van der Waals surface area contributed by atoms with Crippen molar-refractivity contribution >= 4 is 103 Å². The Balaban J connectivity index is 1.99. The van der Waals surface area contributed by atoms with E-state index in [4.69, 9.17) is 18.9 Å². The van der Waals surface area contributed by atoms with Crippen LogP contribution in [-0.4, -0.2) is 58.5 Å². The van der Waals surface area contributed by atoms with Gasteiger partial charge in [-0.3, -0.25) is 19.2 Å². The third kappa shape index (κ3) is 7.39. The minimum absolute atomic E-state index is 0.0170. The fourth-order valence-corrected chi connectivity index (χ4v) is 12.7. The number of hydrogen-bond acceptors (Lipinski definition) is 12. The first-order valence-corrected chi connectivity index (χ1v) is 16.8. The molecular weight excluding hydrogens is 704 g/mol. The van der Waals surface area contributed by atoms with Gasteiger partial charge in [0.05, 0.1) is 60.3 Å². The molecule has 2 aliphatic rings. The van der Waals surface area contributed by atoms with E-state index in [0.29, 0.717) is 0 Å². The van der Waals surface area contributed by atoms with Crippen LogP contribution < -0.4 is 0 Å². The summed E-state index contributed by atoms with van der Waals surface area (Å²) in [5, 5.41) is 0. The predicted molar refractivity (Wildman–Crippen MR) is 156 cm³/mol. The molecule has 0 atom stereocenters. The molecule has 0 saturated heterocycles. The first-order chi connectivity index (χ1) is 18.0. The lowest BCUT2D eigenvalue weighted by molar-refractivity contribution is -0.146. The second kappa shape index (κ2) is 13.9. The number of carbonyl (C=O) groups is 4. The molecule has 0 fully saturated rings. The molecule has 8 nitrogen and oxygen atoms in total. The predicted octanol–water partition coefficient (Wildman–Crippen LogP) is 6.81. The van der Waals surface area contributed by atoms with E-state index >= 15 is 0 Å². The van der Waals surface area contributed by atoms with Crippen LogP contribution in [0.4, 0.5) is 0 Å². The average molecular weight is 733 g/mol. The summed E-state index contributed by atoms with van der Waals surface area (Å²) in [7, 11) is 0. The van der Waals surface area contributed by atoms with Crippen molar-refractivity contribution in [3.8, 4) is 0 Å². The Morgan fingerprint density at radius 2 is 0.737 bits per heavy atom. The molecule has 14 heteroatoms. The summed E-state index contributed by atoms with van der Waals surface area (Å²) in [6.45, 7) is 7.94. The second-order valence-corrected chi connectivity index (χ2v) is 15.8. The molecule has 210 valence electrons. The number of thioether (sulfide) groups is 4. The van der Waals surface area contributed by atoms with Gasteiger partial charge in [0, 0.05) is 28.5 Å². The third-order valence-electron chi connectivity index (χ3n) is 5.24. The first-order valence-electron chi connectivity index (χ1n) is 12.0. The molecule has 0 bridgehead atoms. The summed E-state index contributed by atoms with van der Waals surface area (Å²) in [4.78, 5) is 53.6. The molecule has 1 aromatic carbocycles. The zero-order chi connectivity index (χ0) is 28.1. The van der Waals surface area contributed by atoms with Crippen LogP contribution in [0.1, 0.15) is 53.4 Å². The van der Waals surface area contributed by atoms with Gasteiger partial charge in [-0.15, -0.1) is 47.0 Å². The van der Waals surface area contributed by atoms with E-state index < -0.39 is 32.0 Å². The number of rotatable bonds is 12.